The molecule has 0 radical (unpaired) electrons. The zero-order valence-electron chi connectivity index (χ0n) is 16.6. The normalized spacial score (nSPS) is 17.2. The van der Waals surface area contributed by atoms with Gasteiger partial charge in [0.05, 0.1) is 12.2 Å². The van der Waals surface area contributed by atoms with E-state index in [9.17, 15) is 14.0 Å². The van der Waals surface area contributed by atoms with Gasteiger partial charge in [-0.1, -0.05) is 60.3 Å². The van der Waals surface area contributed by atoms with Gasteiger partial charge < -0.3 is 5.32 Å². The molecular formula is C24H20FN3O2S. The van der Waals surface area contributed by atoms with E-state index in [1.807, 2.05) is 60.7 Å². The number of thioether (sulfide) groups is 1. The van der Waals surface area contributed by atoms with Crippen molar-refractivity contribution in [2.75, 3.05) is 5.32 Å². The van der Waals surface area contributed by atoms with Crippen molar-refractivity contribution < 1.29 is 14.0 Å². The minimum Gasteiger partial charge on any atom is -0.326 e. The van der Waals surface area contributed by atoms with E-state index in [1.54, 1.807) is 4.90 Å². The van der Waals surface area contributed by atoms with E-state index in [0.717, 1.165) is 11.3 Å². The number of amides is 2. The first-order valence-electron chi connectivity index (χ1n) is 9.79. The number of amidine groups is 1. The molecule has 1 saturated heterocycles. The van der Waals surface area contributed by atoms with Crippen LogP contribution < -0.4 is 5.32 Å². The molecule has 4 rings (SSSR count). The molecule has 1 aliphatic rings. The molecular weight excluding hydrogens is 413 g/mol. The van der Waals surface area contributed by atoms with Crippen molar-refractivity contribution >= 4 is 40.1 Å². The maximum Gasteiger partial charge on any atom is 0.242 e. The Balaban J connectivity index is 1.52. The summed E-state index contributed by atoms with van der Waals surface area (Å²) in [6, 6.07) is 24.6. The Bertz CT molecular complexity index is 1090. The van der Waals surface area contributed by atoms with Gasteiger partial charge in [0.1, 0.15) is 11.1 Å². The highest BCUT2D eigenvalue weighted by atomic mass is 32.2. The van der Waals surface area contributed by atoms with Crippen molar-refractivity contribution in [2.45, 2.75) is 18.2 Å². The number of hydrogen-bond acceptors (Lipinski definition) is 4. The standard InChI is InChI=1S/C24H20FN3O2S/c25-18-11-13-20(14-12-18)26-22(29)15-21-23(30)28(16-17-7-3-1-4-8-17)24(31-21)27-19-9-5-2-6-10-19/h1-14,21H,15-16H2,(H,26,29). The number of nitrogens with one attached hydrogen (secondary N) is 1. The van der Waals surface area contributed by atoms with Crippen LogP contribution in [0.25, 0.3) is 0 Å². The average Bonchev–Trinajstić information content (AvgIpc) is 3.05. The Morgan fingerprint density at radius 3 is 2.29 bits per heavy atom. The van der Waals surface area contributed by atoms with Crippen molar-refractivity contribution in [3.8, 4) is 0 Å². The van der Waals surface area contributed by atoms with Gasteiger partial charge in [-0.25, -0.2) is 9.38 Å². The van der Waals surface area contributed by atoms with E-state index in [0.29, 0.717) is 17.4 Å². The lowest BCUT2D eigenvalue weighted by Crippen LogP contribution is -2.33. The summed E-state index contributed by atoms with van der Waals surface area (Å²) in [5.74, 6) is -0.839. The van der Waals surface area contributed by atoms with Crippen LogP contribution in [0.4, 0.5) is 15.8 Å². The molecule has 1 heterocycles. The fraction of sp³-hybridized carbons (Fsp3) is 0.125. The van der Waals surface area contributed by atoms with Crippen LogP contribution in [-0.2, 0) is 16.1 Å². The van der Waals surface area contributed by atoms with Crippen molar-refractivity contribution in [3.05, 3.63) is 96.3 Å². The number of carbonyl (C=O) groups is 2. The van der Waals surface area contributed by atoms with Crippen LogP contribution in [-0.4, -0.2) is 27.1 Å². The number of para-hydroxylation sites is 1. The van der Waals surface area contributed by atoms with E-state index in [2.05, 4.69) is 10.3 Å². The fourth-order valence-electron chi connectivity index (χ4n) is 3.16. The first kappa shape index (κ1) is 20.8. The third kappa shape index (κ3) is 5.38. The van der Waals surface area contributed by atoms with E-state index in [1.165, 1.54) is 36.0 Å². The van der Waals surface area contributed by atoms with Crippen LogP contribution >= 0.6 is 11.8 Å². The molecule has 0 saturated carbocycles. The molecule has 1 atom stereocenters. The second kappa shape index (κ2) is 9.57. The van der Waals surface area contributed by atoms with Crippen molar-refractivity contribution in [1.82, 2.24) is 4.90 Å². The minimum atomic E-state index is -0.577. The summed E-state index contributed by atoms with van der Waals surface area (Å²) in [7, 11) is 0. The predicted octanol–water partition coefficient (Wildman–Crippen LogP) is 4.99. The first-order chi connectivity index (χ1) is 15.1. The largest absolute Gasteiger partial charge is 0.326 e. The summed E-state index contributed by atoms with van der Waals surface area (Å²) in [5, 5.41) is 2.71. The van der Waals surface area contributed by atoms with Crippen LogP contribution in [0.15, 0.2) is 89.9 Å². The summed E-state index contributed by atoms with van der Waals surface area (Å²) in [6.45, 7) is 0.383. The minimum absolute atomic E-state index is 0.0000240. The number of carbonyl (C=O) groups excluding carboxylic acids is 2. The Morgan fingerprint density at radius 1 is 0.968 bits per heavy atom. The number of hydrogen-bond donors (Lipinski definition) is 1. The molecule has 5 nitrogen and oxygen atoms in total. The van der Waals surface area contributed by atoms with Gasteiger partial charge in [-0.3, -0.25) is 14.5 Å². The molecule has 1 N–H and O–H groups in total. The second-order valence-corrected chi connectivity index (χ2v) is 8.18. The van der Waals surface area contributed by atoms with Crippen LogP contribution in [0.5, 0.6) is 0 Å². The van der Waals surface area contributed by atoms with Gasteiger partial charge in [-0.15, -0.1) is 0 Å². The molecule has 0 bridgehead atoms. The predicted molar refractivity (Wildman–Crippen MR) is 122 cm³/mol. The van der Waals surface area contributed by atoms with E-state index in [-0.39, 0.29) is 24.1 Å². The van der Waals surface area contributed by atoms with Gasteiger partial charge in [0.25, 0.3) is 0 Å². The fourth-order valence-corrected chi connectivity index (χ4v) is 4.32. The molecule has 1 aliphatic heterocycles. The molecule has 3 aromatic carbocycles. The number of aliphatic imine (C=N–C) groups is 1. The van der Waals surface area contributed by atoms with Gasteiger partial charge in [-0.2, -0.15) is 0 Å². The SMILES string of the molecule is O=C(CC1SC(=Nc2ccccc2)N(Cc2ccccc2)C1=O)Nc1ccc(F)cc1. The third-order valence-corrected chi connectivity index (χ3v) is 5.86. The average molecular weight is 434 g/mol. The number of rotatable bonds is 6. The van der Waals surface area contributed by atoms with E-state index < -0.39 is 5.25 Å². The lowest BCUT2D eigenvalue weighted by atomic mass is 10.2. The highest BCUT2D eigenvalue weighted by molar-refractivity contribution is 8.15. The molecule has 156 valence electrons. The molecule has 31 heavy (non-hydrogen) atoms. The zero-order valence-corrected chi connectivity index (χ0v) is 17.4. The second-order valence-electron chi connectivity index (χ2n) is 7.01. The molecule has 1 unspecified atom stereocenters. The maximum absolute atomic E-state index is 13.1. The third-order valence-electron chi connectivity index (χ3n) is 4.68. The topological polar surface area (TPSA) is 61.8 Å². The molecule has 3 aromatic rings. The maximum atomic E-state index is 13.1. The first-order valence-corrected chi connectivity index (χ1v) is 10.7. The zero-order chi connectivity index (χ0) is 21.6. The van der Waals surface area contributed by atoms with Crippen LogP contribution in [0.1, 0.15) is 12.0 Å². The molecule has 2 amide bonds. The van der Waals surface area contributed by atoms with Crippen molar-refractivity contribution in [1.29, 1.82) is 0 Å². The van der Waals surface area contributed by atoms with E-state index >= 15 is 0 Å². The lowest BCUT2D eigenvalue weighted by molar-refractivity contribution is -0.128. The van der Waals surface area contributed by atoms with Gasteiger partial charge in [0, 0.05) is 12.1 Å². The summed E-state index contributed by atoms with van der Waals surface area (Å²) in [6.07, 6.45) is -0.0000240. The Hall–Kier alpha value is -3.45. The molecule has 7 heteroatoms. The number of halogens is 1. The summed E-state index contributed by atoms with van der Waals surface area (Å²) in [4.78, 5) is 31.9. The van der Waals surface area contributed by atoms with Gasteiger partial charge in [-0.05, 0) is 42.0 Å². The summed E-state index contributed by atoms with van der Waals surface area (Å²) in [5.41, 5.74) is 2.21. The highest BCUT2D eigenvalue weighted by Crippen LogP contribution is 2.33. The Kier molecular flexibility index (Phi) is 6.43. The van der Waals surface area contributed by atoms with Gasteiger partial charge >= 0.3 is 0 Å². The van der Waals surface area contributed by atoms with E-state index in [4.69, 9.17) is 0 Å². The van der Waals surface area contributed by atoms with Gasteiger partial charge in [0.15, 0.2) is 5.17 Å². The van der Waals surface area contributed by atoms with Crippen molar-refractivity contribution in [3.63, 3.8) is 0 Å². The van der Waals surface area contributed by atoms with Gasteiger partial charge in [0.2, 0.25) is 11.8 Å². The molecule has 0 spiro atoms. The number of nitrogens with zero attached hydrogens (tertiary/aromatic N) is 2. The Morgan fingerprint density at radius 2 is 1.61 bits per heavy atom. The molecule has 0 aromatic heterocycles. The number of benzene rings is 3. The molecule has 1 fully saturated rings. The van der Waals surface area contributed by atoms with Crippen LogP contribution in [0.2, 0.25) is 0 Å². The molecule has 0 aliphatic carbocycles. The summed E-state index contributed by atoms with van der Waals surface area (Å²) >= 11 is 1.29. The monoisotopic (exact) mass is 433 g/mol. The highest BCUT2D eigenvalue weighted by Gasteiger charge is 2.39. The Labute approximate surface area is 184 Å². The van der Waals surface area contributed by atoms with Crippen molar-refractivity contribution in [2.24, 2.45) is 4.99 Å². The summed E-state index contributed by atoms with van der Waals surface area (Å²) < 4.78 is 13.1. The lowest BCUT2D eigenvalue weighted by Gasteiger charge is -2.16. The number of anilines is 1. The quantitative estimate of drug-likeness (QED) is 0.596. The smallest absolute Gasteiger partial charge is 0.242 e. The van der Waals surface area contributed by atoms with Crippen LogP contribution in [0.3, 0.4) is 0 Å². The van der Waals surface area contributed by atoms with Crippen LogP contribution in [0, 0.1) is 5.82 Å².